The Morgan fingerprint density at radius 3 is 1.47 bits per heavy atom. The molecule has 3 aromatic rings. The minimum absolute atomic E-state index is 0.0125. The number of ketones is 2. The molecule has 3 aromatic carbocycles. The number of hydrogen-bond acceptors (Lipinski definition) is 4. The molecule has 0 aliphatic heterocycles. The van der Waals surface area contributed by atoms with Gasteiger partial charge in [0.15, 0.2) is 11.6 Å². The van der Waals surface area contributed by atoms with Gasteiger partial charge >= 0.3 is 0 Å². The van der Waals surface area contributed by atoms with Crippen molar-refractivity contribution in [2.24, 2.45) is 11.5 Å². The maximum absolute atomic E-state index is 13.5. The van der Waals surface area contributed by atoms with Crippen LogP contribution in [0.3, 0.4) is 0 Å². The topological polar surface area (TPSA) is 120 Å². The summed E-state index contributed by atoms with van der Waals surface area (Å²) >= 11 is 3.35. The van der Waals surface area contributed by atoms with Crippen LogP contribution < -0.4 is 11.5 Å². The smallest absolute Gasteiger partial charge is 0.249 e. The fourth-order valence-electron chi connectivity index (χ4n) is 3.24. The van der Waals surface area contributed by atoms with Crippen LogP contribution in [0.1, 0.15) is 52.9 Å². The van der Waals surface area contributed by atoms with Gasteiger partial charge in [-0.1, -0.05) is 64.5 Å². The summed E-state index contributed by atoms with van der Waals surface area (Å²) in [7, 11) is 0. The van der Waals surface area contributed by atoms with Crippen molar-refractivity contribution in [3.63, 3.8) is 0 Å². The molecule has 0 saturated heterocycles. The molecule has 0 fully saturated rings. The number of halogens is 1. The van der Waals surface area contributed by atoms with Crippen LogP contribution in [0.4, 0.5) is 0 Å². The Labute approximate surface area is 181 Å². The third kappa shape index (κ3) is 4.21. The molecule has 3 rings (SSSR count). The van der Waals surface area contributed by atoms with Crippen molar-refractivity contribution in [1.29, 1.82) is 0 Å². The van der Waals surface area contributed by atoms with E-state index < -0.39 is 29.3 Å². The highest BCUT2D eigenvalue weighted by molar-refractivity contribution is 9.10. The number of benzene rings is 3. The summed E-state index contributed by atoms with van der Waals surface area (Å²) in [5.74, 6) is -4.07. The number of carbonyl (C=O) groups is 4. The Morgan fingerprint density at radius 2 is 1.07 bits per heavy atom. The van der Waals surface area contributed by atoms with E-state index in [-0.39, 0.29) is 22.3 Å². The standard InChI is InChI=1S/C23H17BrN2O4/c24-14-7-5-6-13(12-14)19(20(27)15-8-1-3-10-17(15)22(25)29)21(28)16-9-2-4-11-18(16)23(26)30/h1-12,19H,(H2,25,29)(H2,26,30). The number of carbonyl (C=O) groups excluding carboxylic acids is 4. The molecule has 0 saturated carbocycles. The lowest BCUT2D eigenvalue weighted by Gasteiger charge is -2.18. The van der Waals surface area contributed by atoms with Crippen molar-refractivity contribution in [1.82, 2.24) is 0 Å². The van der Waals surface area contributed by atoms with E-state index in [9.17, 15) is 19.2 Å². The Hall–Kier alpha value is -3.58. The van der Waals surface area contributed by atoms with Crippen molar-refractivity contribution in [3.8, 4) is 0 Å². The van der Waals surface area contributed by atoms with Gasteiger partial charge in [0.2, 0.25) is 11.8 Å². The summed E-state index contributed by atoms with van der Waals surface area (Å²) in [6.45, 7) is 0. The number of nitrogens with two attached hydrogens (primary N) is 2. The highest BCUT2D eigenvalue weighted by Crippen LogP contribution is 2.29. The van der Waals surface area contributed by atoms with Crippen LogP contribution in [-0.2, 0) is 0 Å². The highest BCUT2D eigenvalue weighted by Gasteiger charge is 2.33. The molecule has 0 heterocycles. The molecule has 0 unspecified atom stereocenters. The largest absolute Gasteiger partial charge is 0.366 e. The van der Waals surface area contributed by atoms with Gasteiger partial charge in [-0.3, -0.25) is 19.2 Å². The molecule has 4 N–H and O–H groups in total. The average Bonchev–Trinajstić information content (AvgIpc) is 2.73. The number of amides is 2. The van der Waals surface area contributed by atoms with Crippen LogP contribution in [0.25, 0.3) is 0 Å². The number of Topliss-reactive ketones (excluding diaryl/α,β-unsaturated/α-hetero) is 2. The molecule has 0 bridgehead atoms. The van der Waals surface area contributed by atoms with E-state index in [0.717, 1.165) is 0 Å². The number of hydrogen-bond donors (Lipinski definition) is 2. The lowest BCUT2D eigenvalue weighted by molar-refractivity contribution is 0.0848. The van der Waals surface area contributed by atoms with Gasteiger partial charge in [0.1, 0.15) is 5.92 Å². The minimum Gasteiger partial charge on any atom is -0.366 e. The fourth-order valence-corrected chi connectivity index (χ4v) is 3.66. The van der Waals surface area contributed by atoms with Gasteiger partial charge in [-0.2, -0.15) is 0 Å². The van der Waals surface area contributed by atoms with Crippen molar-refractivity contribution in [2.75, 3.05) is 0 Å². The molecule has 150 valence electrons. The maximum atomic E-state index is 13.5. The van der Waals surface area contributed by atoms with Crippen LogP contribution in [0, 0.1) is 0 Å². The Balaban J connectivity index is 2.21. The van der Waals surface area contributed by atoms with E-state index in [4.69, 9.17) is 11.5 Å². The molecule has 2 amide bonds. The predicted molar refractivity (Wildman–Crippen MR) is 115 cm³/mol. The Morgan fingerprint density at radius 1 is 0.633 bits per heavy atom. The van der Waals surface area contributed by atoms with Crippen molar-refractivity contribution >= 4 is 39.3 Å². The zero-order chi connectivity index (χ0) is 21.8. The molecule has 0 radical (unpaired) electrons. The minimum atomic E-state index is -1.30. The van der Waals surface area contributed by atoms with Gasteiger partial charge in [0.05, 0.1) is 0 Å². The average molecular weight is 465 g/mol. The molecule has 7 heteroatoms. The molecule has 0 aliphatic rings. The summed E-state index contributed by atoms with van der Waals surface area (Å²) in [5, 5.41) is 0. The van der Waals surface area contributed by atoms with Crippen molar-refractivity contribution in [2.45, 2.75) is 5.92 Å². The molecule has 0 aromatic heterocycles. The first-order valence-electron chi connectivity index (χ1n) is 8.92. The lowest BCUT2D eigenvalue weighted by atomic mass is 9.82. The van der Waals surface area contributed by atoms with Crippen molar-refractivity contribution < 1.29 is 19.2 Å². The third-order valence-electron chi connectivity index (χ3n) is 4.62. The first kappa shape index (κ1) is 21.1. The van der Waals surface area contributed by atoms with Gasteiger partial charge < -0.3 is 11.5 Å². The third-order valence-corrected chi connectivity index (χ3v) is 5.12. The number of primary amides is 2. The summed E-state index contributed by atoms with van der Waals surface area (Å²) in [6, 6.07) is 18.8. The number of rotatable bonds is 7. The van der Waals surface area contributed by atoms with Crippen LogP contribution in [0.15, 0.2) is 77.3 Å². The van der Waals surface area contributed by atoms with E-state index in [1.807, 2.05) is 0 Å². The van der Waals surface area contributed by atoms with Gasteiger partial charge in [-0.05, 0) is 29.8 Å². The maximum Gasteiger partial charge on any atom is 0.249 e. The normalized spacial score (nSPS) is 10.6. The SMILES string of the molecule is NC(=O)c1ccccc1C(=O)C(C(=O)c1ccccc1C(N)=O)c1cccc(Br)c1. The quantitative estimate of drug-likeness (QED) is 0.410. The molecule has 0 spiro atoms. The van der Waals surface area contributed by atoms with Gasteiger partial charge in [-0.25, -0.2) is 0 Å². The molecule has 0 aliphatic carbocycles. The van der Waals surface area contributed by atoms with E-state index in [1.54, 1.807) is 48.5 Å². The van der Waals surface area contributed by atoms with E-state index >= 15 is 0 Å². The van der Waals surface area contributed by atoms with Crippen molar-refractivity contribution in [3.05, 3.63) is 105 Å². The van der Waals surface area contributed by atoms with Gasteiger partial charge in [0.25, 0.3) is 0 Å². The van der Waals surface area contributed by atoms with Gasteiger partial charge in [0, 0.05) is 26.7 Å². The summed E-state index contributed by atoms with van der Waals surface area (Å²) in [5.41, 5.74) is 11.3. The monoisotopic (exact) mass is 464 g/mol. The molecule has 30 heavy (non-hydrogen) atoms. The second-order valence-electron chi connectivity index (χ2n) is 6.54. The van der Waals surface area contributed by atoms with E-state index in [2.05, 4.69) is 15.9 Å². The van der Waals surface area contributed by atoms with E-state index in [0.29, 0.717) is 10.0 Å². The zero-order valence-electron chi connectivity index (χ0n) is 15.7. The fraction of sp³-hybridized carbons (Fsp3) is 0.0435. The van der Waals surface area contributed by atoms with E-state index in [1.165, 1.54) is 24.3 Å². The second-order valence-corrected chi connectivity index (χ2v) is 7.45. The Bertz CT molecular complexity index is 1100. The molecular formula is C23H17BrN2O4. The molecule has 0 atom stereocenters. The zero-order valence-corrected chi connectivity index (χ0v) is 17.3. The Kier molecular flexibility index (Phi) is 6.23. The highest BCUT2D eigenvalue weighted by atomic mass is 79.9. The molecule has 6 nitrogen and oxygen atoms in total. The lowest BCUT2D eigenvalue weighted by Crippen LogP contribution is -2.27. The van der Waals surface area contributed by atoms with Crippen LogP contribution in [0.2, 0.25) is 0 Å². The first-order valence-corrected chi connectivity index (χ1v) is 9.72. The van der Waals surface area contributed by atoms with Crippen LogP contribution >= 0.6 is 15.9 Å². The summed E-state index contributed by atoms with van der Waals surface area (Å²) < 4.78 is 0.664. The summed E-state index contributed by atoms with van der Waals surface area (Å²) in [4.78, 5) is 50.7. The second kappa shape index (κ2) is 8.84. The first-order chi connectivity index (χ1) is 14.3. The van der Waals surface area contributed by atoms with Crippen LogP contribution in [-0.4, -0.2) is 23.4 Å². The predicted octanol–water partition coefficient (Wildman–Crippen LogP) is 3.50. The van der Waals surface area contributed by atoms with Crippen LogP contribution in [0.5, 0.6) is 0 Å². The van der Waals surface area contributed by atoms with Gasteiger partial charge in [-0.15, -0.1) is 0 Å². The molecular weight excluding hydrogens is 448 g/mol. The summed E-state index contributed by atoms with van der Waals surface area (Å²) in [6.07, 6.45) is 0.